The fraction of sp³-hybridized carbons (Fsp3) is 0.370. The van der Waals surface area contributed by atoms with Crippen molar-refractivity contribution >= 4 is 17.8 Å². The smallest absolute Gasteiger partial charge is 0.416 e. The molecular weight excluding hydrogens is 515 g/mol. The number of carbonyl (C=O) groups is 2. The average molecular weight is 544 g/mol. The van der Waals surface area contributed by atoms with Crippen molar-refractivity contribution in [2.24, 2.45) is 5.73 Å². The molecule has 0 atom stereocenters. The molecule has 9 nitrogen and oxygen atoms in total. The van der Waals surface area contributed by atoms with Crippen molar-refractivity contribution in [2.45, 2.75) is 50.8 Å². The van der Waals surface area contributed by atoms with Gasteiger partial charge in [0, 0.05) is 18.2 Å². The number of nitrogens with two attached hydrogens (primary N) is 1. The molecule has 206 valence electrons. The minimum atomic E-state index is -1.20. The molecule has 2 aromatic heterocycles. The van der Waals surface area contributed by atoms with E-state index in [2.05, 4.69) is 15.2 Å². The van der Waals surface area contributed by atoms with Gasteiger partial charge in [0.15, 0.2) is 5.82 Å². The molecule has 2 heterocycles. The molecule has 0 spiro atoms. The standard InChI is InChI=1S/C27H28F3N5O4/c1-26(2,3)39-25(37)35(14-27(12-15(28)13-27)23-18(30)6-5-11-32-23)20-10-9-19(33-34-20)21-17(29)8-7-16(24(31)36)22(21)38-4/h5-11,15H,12-14H2,1-4H3,(H2,31,36). The van der Waals surface area contributed by atoms with Crippen LogP contribution in [-0.4, -0.2) is 52.6 Å². The molecule has 2 N–H and O–H groups in total. The van der Waals surface area contributed by atoms with Crippen molar-refractivity contribution in [3.05, 3.63) is 65.5 Å². The van der Waals surface area contributed by atoms with E-state index in [4.69, 9.17) is 15.2 Å². The van der Waals surface area contributed by atoms with E-state index in [0.29, 0.717) is 0 Å². The summed E-state index contributed by atoms with van der Waals surface area (Å²) in [6.07, 6.45) is -0.738. The molecule has 39 heavy (non-hydrogen) atoms. The SMILES string of the molecule is COc1c(C(N)=O)ccc(F)c1-c1ccc(N(CC2(c3ncccc3F)CC(F)C2)C(=O)OC(C)(C)C)nn1. The Bertz CT molecular complexity index is 1390. The summed E-state index contributed by atoms with van der Waals surface area (Å²) < 4.78 is 54.6. The number of anilines is 1. The second kappa shape index (κ2) is 10.5. The van der Waals surface area contributed by atoms with Gasteiger partial charge in [0.1, 0.15) is 29.2 Å². The van der Waals surface area contributed by atoms with Crippen LogP contribution < -0.4 is 15.4 Å². The highest BCUT2D eigenvalue weighted by Crippen LogP contribution is 2.47. The Morgan fingerprint density at radius 2 is 1.82 bits per heavy atom. The minimum Gasteiger partial charge on any atom is -0.495 e. The number of benzene rings is 1. The molecule has 12 heteroatoms. The number of aromatic nitrogens is 3. The molecule has 1 fully saturated rings. The molecule has 2 amide bonds. The maximum absolute atomic E-state index is 14.8. The summed E-state index contributed by atoms with van der Waals surface area (Å²) in [5.41, 5.74) is 3.19. The number of pyridine rings is 1. The van der Waals surface area contributed by atoms with Gasteiger partial charge in [0.25, 0.3) is 5.91 Å². The van der Waals surface area contributed by atoms with Crippen LogP contribution in [0.15, 0.2) is 42.6 Å². The third-order valence-corrected chi connectivity index (χ3v) is 6.32. The number of carbonyl (C=O) groups excluding carboxylic acids is 2. The maximum atomic E-state index is 14.8. The third kappa shape index (κ3) is 5.64. The van der Waals surface area contributed by atoms with E-state index in [9.17, 15) is 22.8 Å². The summed E-state index contributed by atoms with van der Waals surface area (Å²) in [6.45, 7) is 4.83. The van der Waals surface area contributed by atoms with Gasteiger partial charge < -0.3 is 15.2 Å². The van der Waals surface area contributed by atoms with Crippen molar-refractivity contribution < 1.29 is 32.2 Å². The highest BCUT2D eigenvalue weighted by Gasteiger charge is 2.51. The van der Waals surface area contributed by atoms with Crippen LogP contribution >= 0.6 is 0 Å². The lowest BCUT2D eigenvalue weighted by molar-refractivity contribution is 0.0507. The topological polar surface area (TPSA) is 121 Å². The number of hydrogen-bond donors (Lipinski definition) is 1. The molecular formula is C27H28F3N5O4. The zero-order valence-corrected chi connectivity index (χ0v) is 21.9. The fourth-order valence-electron chi connectivity index (χ4n) is 4.63. The van der Waals surface area contributed by atoms with Crippen LogP contribution in [0, 0.1) is 11.6 Å². The van der Waals surface area contributed by atoms with E-state index in [0.717, 1.165) is 11.0 Å². The zero-order chi connectivity index (χ0) is 28.5. The Balaban J connectivity index is 1.76. The summed E-state index contributed by atoms with van der Waals surface area (Å²) in [4.78, 5) is 30.4. The van der Waals surface area contributed by atoms with Crippen molar-refractivity contribution in [3.8, 4) is 17.0 Å². The number of primary amides is 1. The second-order valence-electron chi connectivity index (χ2n) is 10.3. The van der Waals surface area contributed by atoms with E-state index in [1.807, 2.05) is 0 Å². The Kier molecular flexibility index (Phi) is 7.49. The molecule has 0 saturated heterocycles. The number of amides is 2. The van der Waals surface area contributed by atoms with Crippen LogP contribution in [0.5, 0.6) is 5.75 Å². The normalized spacial score (nSPS) is 18.7. The van der Waals surface area contributed by atoms with E-state index in [-0.39, 0.29) is 53.5 Å². The van der Waals surface area contributed by atoms with Gasteiger partial charge in [-0.3, -0.25) is 14.7 Å². The molecule has 1 saturated carbocycles. The number of nitrogens with zero attached hydrogens (tertiary/aromatic N) is 4. The Morgan fingerprint density at radius 1 is 1.10 bits per heavy atom. The van der Waals surface area contributed by atoms with Crippen LogP contribution in [0.3, 0.4) is 0 Å². The summed E-state index contributed by atoms with van der Waals surface area (Å²) in [7, 11) is 1.25. The van der Waals surface area contributed by atoms with Crippen molar-refractivity contribution in [1.82, 2.24) is 15.2 Å². The van der Waals surface area contributed by atoms with E-state index >= 15 is 0 Å². The molecule has 3 aromatic rings. The van der Waals surface area contributed by atoms with E-state index in [1.165, 1.54) is 43.6 Å². The first kappa shape index (κ1) is 27.8. The van der Waals surface area contributed by atoms with Gasteiger partial charge in [-0.15, -0.1) is 10.2 Å². The lowest BCUT2D eigenvalue weighted by Crippen LogP contribution is -2.54. The maximum Gasteiger partial charge on any atom is 0.416 e. The quantitative estimate of drug-likeness (QED) is 0.457. The minimum absolute atomic E-state index is 0.00158. The van der Waals surface area contributed by atoms with Gasteiger partial charge in [0.05, 0.1) is 29.6 Å². The number of methoxy groups -OCH3 is 1. The second-order valence-corrected chi connectivity index (χ2v) is 10.3. The largest absolute Gasteiger partial charge is 0.495 e. The molecule has 0 aliphatic heterocycles. The van der Waals surface area contributed by atoms with Crippen LogP contribution in [-0.2, 0) is 10.2 Å². The predicted octanol–water partition coefficient (Wildman–Crippen LogP) is 4.74. The molecule has 0 unspecified atom stereocenters. The van der Waals surface area contributed by atoms with Crippen LogP contribution in [0.2, 0.25) is 0 Å². The van der Waals surface area contributed by atoms with Crippen LogP contribution in [0.1, 0.15) is 49.7 Å². The number of halogens is 3. The van der Waals surface area contributed by atoms with Gasteiger partial charge in [-0.1, -0.05) is 0 Å². The number of hydrogen-bond acceptors (Lipinski definition) is 7. The summed E-state index contributed by atoms with van der Waals surface area (Å²) in [5, 5.41) is 8.17. The Labute approximate surface area is 223 Å². The number of rotatable bonds is 7. The molecule has 0 radical (unpaired) electrons. The first-order chi connectivity index (χ1) is 18.3. The number of ether oxygens (including phenoxy) is 2. The third-order valence-electron chi connectivity index (χ3n) is 6.32. The van der Waals surface area contributed by atoms with E-state index < -0.39 is 40.8 Å². The molecule has 1 aromatic carbocycles. The summed E-state index contributed by atoms with van der Waals surface area (Å²) in [5.74, 6) is -2.31. The molecule has 0 bridgehead atoms. The molecule has 4 rings (SSSR count). The predicted molar refractivity (Wildman–Crippen MR) is 136 cm³/mol. The highest BCUT2D eigenvalue weighted by molar-refractivity contribution is 5.98. The average Bonchev–Trinajstić information content (AvgIpc) is 2.85. The lowest BCUT2D eigenvalue weighted by Gasteiger charge is -2.46. The first-order valence-electron chi connectivity index (χ1n) is 12.1. The van der Waals surface area contributed by atoms with Gasteiger partial charge in [0.2, 0.25) is 0 Å². The van der Waals surface area contributed by atoms with Crippen LogP contribution in [0.4, 0.5) is 23.8 Å². The van der Waals surface area contributed by atoms with Gasteiger partial charge in [-0.25, -0.2) is 18.0 Å². The number of alkyl halides is 1. The Hall–Kier alpha value is -4.22. The Morgan fingerprint density at radius 3 is 2.36 bits per heavy atom. The lowest BCUT2D eigenvalue weighted by atomic mass is 9.64. The first-order valence-corrected chi connectivity index (χ1v) is 12.1. The van der Waals surface area contributed by atoms with Crippen molar-refractivity contribution in [1.29, 1.82) is 0 Å². The van der Waals surface area contributed by atoms with Gasteiger partial charge in [-0.2, -0.15) is 0 Å². The summed E-state index contributed by atoms with van der Waals surface area (Å²) in [6, 6.07) is 7.65. The van der Waals surface area contributed by atoms with Crippen molar-refractivity contribution in [3.63, 3.8) is 0 Å². The molecule has 1 aliphatic rings. The van der Waals surface area contributed by atoms with Gasteiger partial charge >= 0.3 is 6.09 Å². The zero-order valence-electron chi connectivity index (χ0n) is 21.9. The molecule has 1 aliphatic carbocycles. The highest BCUT2D eigenvalue weighted by atomic mass is 19.1. The van der Waals surface area contributed by atoms with Gasteiger partial charge in [-0.05, 0) is 70.0 Å². The fourth-order valence-corrected chi connectivity index (χ4v) is 4.63. The van der Waals surface area contributed by atoms with Crippen molar-refractivity contribution in [2.75, 3.05) is 18.6 Å². The monoisotopic (exact) mass is 543 g/mol. The summed E-state index contributed by atoms with van der Waals surface area (Å²) >= 11 is 0. The van der Waals surface area contributed by atoms with Crippen LogP contribution in [0.25, 0.3) is 11.3 Å². The van der Waals surface area contributed by atoms with E-state index in [1.54, 1.807) is 20.8 Å².